The predicted molar refractivity (Wildman–Crippen MR) is 78.1 cm³/mol. The number of hydrogen-bond acceptors (Lipinski definition) is 2. The highest BCUT2D eigenvalue weighted by molar-refractivity contribution is 6.30. The molecule has 1 aromatic carbocycles. The first-order chi connectivity index (χ1) is 8.78. The van der Waals surface area contributed by atoms with Crippen LogP contribution in [0.25, 0.3) is 0 Å². The maximum absolute atomic E-state index is 5.90. The summed E-state index contributed by atoms with van der Waals surface area (Å²) >= 11 is 5.90. The lowest BCUT2D eigenvalue weighted by atomic mass is 10.2. The summed E-state index contributed by atoms with van der Waals surface area (Å²) in [6.07, 6.45) is 2.63. The van der Waals surface area contributed by atoms with Crippen molar-refractivity contribution < 1.29 is 0 Å². The highest BCUT2D eigenvalue weighted by atomic mass is 35.5. The highest BCUT2D eigenvalue weighted by Crippen LogP contribution is 2.13. The zero-order valence-corrected chi connectivity index (χ0v) is 12.0. The number of rotatable bonds is 5. The smallest absolute Gasteiger partial charge is 0.0406 e. The highest BCUT2D eigenvalue weighted by Gasteiger charge is 2.16. The van der Waals surface area contributed by atoms with Crippen LogP contribution in [0.4, 0.5) is 0 Å². The minimum absolute atomic E-state index is 0.822. The van der Waals surface area contributed by atoms with Crippen LogP contribution in [0.5, 0.6) is 0 Å². The summed E-state index contributed by atoms with van der Waals surface area (Å²) in [6.45, 7) is 9.39. The van der Waals surface area contributed by atoms with Gasteiger partial charge in [0.2, 0.25) is 0 Å². The van der Waals surface area contributed by atoms with Crippen LogP contribution in [0, 0.1) is 0 Å². The molecular weight excluding hydrogens is 244 g/mol. The first-order valence-corrected chi connectivity index (χ1v) is 7.35. The van der Waals surface area contributed by atoms with Gasteiger partial charge in [0.15, 0.2) is 0 Å². The molecule has 2 rings (SSSR count). The molecular formula is C15H23ClN2. The van der Waals surface area contributed by atoms with Gasteiger partial charge >= 0.3 is 0 Å². The molecule has 1 fully saturated rings. The fourth-order valence-corrected chi connectivity index (χ4v) is 2.53. The van der Waals surface area contributed by atoms with E-state index < -0.39 is 0 Å². The largest absolute Gasteiger partial charge is 0.301 e. The Hall–Kier alpha value is -0.570. The van der Waals surface area contributed by atoms with E-state index in [2.05, 4.69) is 28.9 Å². The van der Waals surface area contributed by atoms with E-state index in [1.807, 2.05) is 12.1 Å². The quantitative estimate of drug-likeness (QED) is 0.807. The average molecular weight is 267 g/mol. The normalized spacial score (nSPS) is 18.1. The van der Waals surface area contributed by atoms with Gasteiger partial charge in [0.25, 0.3) is 0 Å². The summed E-state index contributed by atoms with van der Waals surface area (Å²) in [5, 5.41) is 0.822. The Kier molecular flexibility index (Phi) is 5.48. The van der Waals surface area contributed by atoms with Gasteiger partial charge in [-0.3, -0.25) is 4.90 Å². The maximum Gasteiger partial charge on any atom is 0.0406 e. The Bertz CT molecular complexity index is 342. The molecule has 0 saturated carbocycles. The zero-order valence-electron chi connectivity index (χ0n) is 11.2. The molecule has 0 aliphatic carbocycles. The van der Waals surface area contributed by atoms with Crippen molar-refractivity contribution in [3.05, 3.63) is 34.9 Å². The van der Waals surface area contributed by atoms with Crippen molar-refractivity contribution in [3.8, 4) is 0 Å². The van der Waals surface area contributed by atoms with E-state index in [4.69, 9.17) is 11.6 Å². The Balaban J connectivity index is 1.74. The van der Waals surface area contributed by atoms with E-state index in [9.17, 15) is 0 Å². The topological polar surface area (TPSA) is 6.48 Å². The third kappa shape index (κ3) is 4.27. The molecule has 18 heavy (non-hydrogen) atoms. The van der Waals surface area contributed by atoms with E-state index in [1.165, 1.54) is 51.1 Å². The number of piperazine rings is 1. The molecule has 0 amide bonds. The monoisotopic (exact) mass is 266 g/mol. The summed E-state index contributed by atoms with van der Waals surface area (Å²) in [5.74, 6) is 0. The minimum atomic E-state index is 0.822. The van der Waals surface area contributed by atoms with Gasteiger partial charge in [-0.2, -0.15) is 0 Å². The first kappa shape index (κ1) is 13.9. The summed E-state index contributed by atoms with van der Waals surface area (Å²) in [5.41, 5.74) is 1.36. The van der Waals surface area contributed by atoms with Gasteiger partial charge in [-0.15, -0.1) is 0 Å². The lowest BCUT2D eigenvalue weighted by molar-refractivity contribution is 0.126. The fraction of sp³-hybridized carbons (Fsp3) is 0.600. The molecule has 1 aliphatic heterocycles. The second-order valence-electron chi connectivity index (χ2n) is 5.10. The van der Waals surface area contributed by atoms with Crippen LogP contribution in [-0.4, -0.2) is 42.5 Å². The molecule has 0 radical (unpaired) electrons. The Morgan fingerprint density at radius 3 is 2.22 bits per heavy atom. The Morgan fingerprint density at radius 2 is 1.61 bits per heavy atom. The molecule has 0 aromatic heterocycles. The summed E-state index contributed by atoms with van der Waals surface area (Å²) in [4.78, 5) is 5.12. The molecule has 0 unspecified atom stereocenters. The van der Waals surface area contributed by atoms with Crippen molar-refractivity contribution in [1.82, 2.24) is 9.80 Å². The van der Waals surface area contributed by atoms with Crippen LogP contribution in [0.3, 0.4) is 0 Å². The van der Waals surface area contributed by atoms with E-state index in [0.717, 1.165) is 11.6 Å². The maximum atomic E-state index is 5.90. The number of unbranched alkanes of at least 4 members (excludes halogenated alkanes) is 1. The lowest BCUT2D eigenvalue weighted by Gasteiger charge is -2.34. The molecule has 3 heteroatoms. The van der Waals surface area contributed by atoms with E-state index in [-0.39, 0.29) is 0 Å². The van der Waals surface area contributed by atoms with Gasteiger partial charge in [0.1, 0.15) is 0 Å². The predicted octanol–water partition coefficient (Wildman–Crippen LogP) is 3.26. The Morgan fingerprint density at radius 1 is 1.00 bits per heavy atom. The van der Waals surface area contributed by atoms with Crippen LogP contribution in [-0.2, 0) is 6.54 Å². The number of benzene rings is 1. The number of halogens is 1. The third-order valence-electron chi connectivity index (χ3n) is 3.61. The van der Waals surface area contributed by atoms with Crippen molar-refractivity contribution in [1.29, 1.82) is 0 Å². The molecule has 100 valence electrons. The molecule has 0 atom stereocenters. The summed E-state index contributed by atoms with van der Waals surface area (Å²) in [6, 6.07) is 8.22. The molecule has 1 saturated heterocycles. The van der Waals surface area contributed by atoms with Gasteiger partial charge in [-0.1, -0.05) is 37.1 Å². The van der Waals surface area contributed by atoms with Gasteiger partial charge in [0.05, 0.1) is 0 Å². The fourth-order valence-electron chi connectivity index (χ4n) is 2.40. The van der Waals surface area contributed by atoms with Crippen molar-refractivity contribution in [2.45, 2.75) is 26.3 Å². The minimum Gasteiger partial charge on any atom is -0.301 e. The third-order valence-corrected chi connectivity index (χ3v) is 3.86. The molecule has 1 aromatic rings. The van der Waals surface area contributed by atoms with Crippen LogP contribution >= 0.6 is 11.6 Å². The van der Waals surface area contributed by atoms with E-state index >= 15 is 0 Å². The molecule has 1 aliphatic rings. The van der Waals surface area contributed by atoms with Crippen molar-refractivity contribution in [2.24, 2.45) is 0 Å². The van der Waals surface area contributed by atoms with Gasteiger partial charge in [-0.25, -0.2) is 0 Å². The number of nitrogens with zero attached hydrogens (tertiary/aromatic N) is 2. The van der Waals surface area contributed by atoms with Gasteiger partial charge < -0.3 is 4.90 Å². The van der Waals surface area contributed by atoms with Crippen LogP contribution in [0.15, 0.2) is 24.3 Å². The standard InChI is InChI=1S/C15H23ClN2/c1-2-3-8-17-9-11-18(12-10-17)13-14-4-6-15(16)7-5-14/h4-7H,2-3,8-13H2,1H3. The SMILES string of the molecule is CCCCN1CCN(Cc2ccc(Cl)cc2)CC1. The number of hydrogen-bond donors (Lipinski definition) is 0. The van der Waals surface area contributed by atoms with Gasteiger partial charge in [-0.05, 0) is 30.7 Å². The Labute approximate surface area is 116 Å². The molecule has 2 nitrogen and oxygen atoms in total. The van der Waals surface area contributed by atoms with E-state index in [0.29, 0.717) is 0 Å². The molecule has 0 bridgehead atoms. The van der Waals surface area contributed by atoms with Crippen molar-refractivity contribution in [3.63, 3.8) is 0 Å². The van der Waals surface area contributed by atoms with Crippen LogP contribution in [0.2, 0.25) is 5.02 Å². The second kappa shape index (κ2) is 7.13. The molecule has 0 spiro atoms. The summed E-state index contributed by atoms with van der Waals surface area (Å²) in [7, 11) is 0. The summed E-state index contributed by atoms with van der Waals surface area (Å²) < 4.78 is 0. The van der Waals surface area contributed by atoms with Crippen LogP contribution < -0.4 is 0 Å². The van der Waals surface area contributed by atoms with Gasteiger partial charge in [0, 0.05) is 37.7 Å². The first-order valence-electron chi connectivity index (χ1n) is 6.97. The van der Waals surface area contributed by atoms with Crippen molar-refractivity contribution >= 4 is 11.6 Å². The average Bonchev–Trinajstić information content (AvgIpc) is 2.41. The molecule has 0 N–H and O–H groups in total. The second-order valence-corrected chi connectivity index (χ2v) is 5.53. The lowest BCUT2D eigenvalue weighted by Crippen LogP contribution is -2.46. The zero-order chi connectivity index (χ0) is 12.8. The molecule has 1 heterocycles. The van der Waals surface area contributed by atoms with Crippen LogP contribution in [0.1, 0.15) is 25.3 Å². The van der Waals surface area contributed by atoms with E-state index in [1.54, 1.807) is 0 Å². The van der Waals surface area contributed by atoms with Crippen molar-refractivity contribution in [2.75, 3.05) is 32.7 Å².